The Morgan fingerprint density at radius 2 is 2.05 bits per heavy atom. The molecule has 3 aromatic rings. The van der Waals surface area contributed by atoms with Crippen LogP contribution in [-0.2, 0) is 0 Å². The van der Waals surface area contributed by atoms with Gasteiger partial charge in [-0.05, 0) is 36.8 Å². The number of methoxy groups -OCH3 is 1. The van der Waals surface area contributed by atoms with Crippen LogP contribution in [0.4, 0.5) is 5.95 Å². The fourth-order valence-corrected chi connectivity index (χ4v) is 2.65. The molecule has 4 nitrogen and oxygen atoms in total. The third-order valence-electron chi connectivity index (χ3n) is 3.37. The maximum Gasteiger partial charge on any atom is 0.205 e. The molecule has 0 bridgehead atoms. The van der Waals surface area contributed by atoms with Crippen LogP contribution in [0.15, 0.2) is 40.9 Å². The van der Waals surface area contributed by atoms with E-state index in [1.165, 1.54) is 0 Å². The molecule has 0 aliphatic rings. The number of benzene rings is 2. The van der Waals surface area contributed by atoms with E-state index in [1.54, 1.807) is 7.11 Å². The van der Waals surface area contributed by atoms with Gasteiger partial charge in [-0.1, -0.05) is 22.0 Å². The fourth-order valence-electron chi connectivity index (χ4n) is 2.30. The van der Waals surface area contributed by atoms with E-state index in [9.17, 15) is 0 Å². The van der Waals surface area contributed by atoms with Crippen molar-refractivity contribution in [2.24, 2.45) is 0 Å². The van der Waals surface area contributed by atoms with Crippen LogP contribution in [0.5, 0.6) is 5.75 Å². The summed E-state index contributed by atoms with van der Waals surface area (Å²) in [5.41, 5.74) is 10.0. The Kier molecular flexibility index (Phi) is 3.14. The highest BCUT2D eigenvalue weighted by Crippen LogP contribution is 2.30. The highest BCUT2D eigenvalue weighted by atomic mass is 79.9. The van der Waals surface area contributed by atoms with Gasteiger partial charge in [-0.2, -0.15) is 0 Å². The standard InChI is InChI=1S/C15H14BrN3O/c1-9-11(16)4-3-5-13(9)19-14-7-6-10(20-2)8-12(14)18-15(19)17/h3-8H,1-2H3,(H2,17,18). The van der Waals surface area contributed by atoms with Crippen molar-refractivity contribution in [1.29, 1.82) is 0 Å². The molecule has 102 valence electrons. The molecule has 2 N–H and O–H groups in total. The first-order chi connectivity index (χ1) is 9.61. The SMILES string of the molecule is COc1ccc2c(c1)nc(N)n2-c1cccc(Br)c1C. The number of aromatic nitrogens is 2. The van der Waals surface area contributed by atoms with Crippen LogP contribution in [0.3, 0.4) is 0 Å². The minimum absolute atomic E-state index is 0.467. The lowest BCUT2D eigenvalue weighted by Gasteiger charge is -2.11. The molecular formula is C15H14BrN3O. The van der Waals surface area contributed by atoms with Gasteiger partial charge in [0.05, 0.1) is 23.8 Å². The Balaban J connectivity index is 2.31. The topological polar surface area (TPSA) is 53.1 Å². The third-order valence-corrected chi connectivity index (χ3v) is 4.23. The van der Waals surface area contributed by atoms with E-state index in [0.717, 1.165) is 32.5 Å². The normalized spacial score (nSPS) is 10.9. The molecule has 0 fully saturated rings. The predicted molar refractivity (Wildman–Crippen MR) is 84.5 cm³/mol. The number of fused-ring (bicyclic) bond motifs is 1. The second kappa shape index (κ2) is 4.83. The average molecular weight is 332 g/mol. The Labute approximate surface area is 125 Å². The zero-order valence-electron chi connectivity index (χ0n) is 11.2. The number of imidazole rings is 1. The molecule has 1 aromatic heterocycles. The highest BCUT2D eigenvalue weighted by molar-refractivity contribution is 9.10. The minimum atomic E-state index is 0.467. The van der Waals surface area contributed by atoms with Gasteiger partial charge in [-0.15, -0.1) is 0 Å². The van der Waals surface area contributed by atoms with Crippen LogP contribution in [-0.4, -0.2) is 16.7 Å². The molecule has 0 aliphatic heterocycles. The predicted octanol–water partition coefficient (Wildman–Crippen LogP) is 3.69. The van der Waals surface area contributed by atoms with Gasteiger partial charge in [0.2, 0.25) is 5.95 Å². The van der Waals surface area contributed by atoms with Crippen LogP contribution in [0, 0.1) is 6.92 Å². The minimum Gasteiger partial charge on any atom is -0.497 e. The summed E-state index contributed by atoms with van der Waals surface area (Å²) < 4.78 is 8.22. The largest absolute Gasteiger partial charge is 0.497 e. The van der Waals surface area contributed by atoms with Gasteiger partial charge in [0.25, 0.3) is 0 Å². The summed E-state index contributed by atoms with van der Waals surface area (Å²) in [4.78, 5) is 4.41. The van der Waals surface area contributed by atoms with Crippen molar-refractivity contribution < 1.29 is 4.74 Å². The molecule has 0 radical (unpaired) electrons. The van der Waals surface area contributed by atoms with Gasteiger partial charge < -0.3 is 10.5 Å². The van der Waals surface area contributed by atoms with Crippen LogP contribution in [0.25, 0.3) is 16.7 Å². The van der Waals surface area contributed by atoms with E-state index in [4.69, 9.17) is 10.5 Å². The summed E-state index contributed by atoms with van der Waals surface area (Å²) in [5, 5.41) is 0. The number of ether oxygens (including phenoxy) is 1. The number of rotatable bonds is 2. The van der Waals surface area contributed by atoms with E-state index in [0.29, 0.717) is 5.95 Å². The second-order valence-corrected chi connectivity index (χ2v) is 5.40. The van der Waals surface area contributed by atoms with Crippen molar-refractivity contribution in [3.05, 3.63) is 46.4 Å². The van der Waals surface area contributed by atoms with Gasteiger partial charge in [0, 0.05) is 10.5 Å². The van der Waals surface area contributed by atoms with Crippen molar-refractivity contribution in [3.8, 4) is 11.4 Å². The molecule has 1 heterocycles. The van der Waals surface area contributed by atoms with Gasteiger partial charge in [-0.25, -0.2) is 4.98 Å². The average Bonchev–Trinajstić information content (AvgIpc) is 2.77. The summed E-state index contributed by atoms with van der Waals surface area (Å²) in [5.74, 6) is 1.24. The number of nitrogen functional groups attached to an aromatic ring is 1. The Bertz CT molecular complexity index is 795. The number of nitrogens with zero attached hydrogens (tertiary/aromatic N) is 2. The van der Waals surface area contributed by atoms with Crippen molar-refractivity contribution in [2.45, 2.75) is 6.92 Å². The number of hydrogen-bond acceptors (Lipinski definition) is 3. The Morgan fingerprint density at radius 3 is 2.80 bits per heavy atom. The number of anilines is 1. The Morgan fingerprint density at radius 1 is 1.25 bits per heavy atom. The molecule has 2 aromatic carbocycles. The number of halogens is 1. The van der Waals surface area contributed by atoms with E-state index >= 15 is 0 Å². The smallest absolute Gasteiger partial charge is 0.205 e. The van der Waals surface area contributed by atoms with E-state index in [2.05, 4.69) is 20.9 Å². The Hall–Kier alpha value is -2.01. The molecule has 0 spiro atoms. The highest BCUT2D eigenvalue weighted by Gasteiger charge is 2.13. The molecule has 0 unspecified atom stereocenters. The molecule has 3 rings (SSSR count). The van der Waals surface area contributed by atoms with E-state index in [-0.39, 0.29) is 0 Å². The first-order valence-corrected chi connectivity index (χ1v) is 6.98. The number of hydrogen-bond donors (Lipinski definition) is 1. The third kappa shape index (κ3) is 1.94. The lowest BCUT2D eigenvalue weighted by Crippen LogP contribution is -2.02. The molecule has 0 aliphatic carbocycles. The molecule has 5 heteroatoms. The van der Waals surface area contributed by atoms with Crippen LogP contribution in [0.1, 0.15) is 5.56 Å². The van der Waals surface area contributed by atoms with E-state index in [1.807, 2.05) is 47.9 Å². The molecule has 20 heavy (non-hydrogen) atoms. The lowest BCUT2D eigenvalue weighted by molar-refractivity contribution is 0.415. The molecule has 0 atom stereocenters. The zero-order chi connectivity index (χ0) is 14.3. The summed E-state index contributed by atoms with van der Waals surface area (Å²) in [7, 11) is 1.64. The molecule has 0 amide bonds. The van der Waals surface area contributed by atoms with Crippen LogP contribution in [0.2, 0.25) is 0 Å². The summed E-state index contributed by atoms with van der Waals surface area (Å²) >= 11 is 3.55. The summed E-state index contributed by atoms with van der Waals surface area (Å²) in [6.07, 6.45) is 0. The summed E-state index contributed by atoms with van der Waals surface area (Å²) in [6.45, 7) is 2.05. The lowest BCUT2D eigenvalue weighted by atomic mass is 10.2. The van der Waals surface area contributed by atoms with Crippen LogP contribution >= 0.6 is 15.9 Å². The van der Waals surface area contributed by atoms with Gasteiger partial charge in [-0.3, -0.25) is 4.57 Å². The van der Waals surface area contributed by atoms with Gasteiger partial charge in [0.15, 0.2) is 0 Å². The van der Waals surface area contributed by atoms with Crippen molar-refractivity contribution >= 4 is 32.9 Å². The van der Waals surface area contributed by atoms with E-state index < -0.39 is 0 Å². The van der Waals surface area contributed by atoms with Gasteiger partial charge in [0.1, 0.15) is 5.75 Å². The monoisotopic (exact) mass is 331 g/mol. The maximum absolute atomic E-state index is 6.09. The van der Waals surface area contributed by atoms with Crippen molar-refractivity contribution in [2.75, 3.05) is 12.8 Å². The fraction of sp³-hybridized carbons (Fsp3) is 0.133. The van der Waals surface area contributed by atoms with Crippen molar-refractivity contribution in [3.63, 3.8) is 0 Å². The first-order valence-electron chi connectivity index (χ1n) is 6.19. The molecule has 0 saturated carbocycles. The van der Waals surface area contributed by atoms with Gasteiger partial charge >= 0.3 is 0 Å². The molecular weight excluding hydrogens is 318 g/mol. The first kappa shape index (κ1) is 13.0. The zero-order valence-corrected chi connectivity index (χ0v) is 12.8. The van der Waals surface area contributed by atoms with Crippen molar-refractivity contribution in [1.82, 2.24) is 9.55 Å². The summed E-state index contributed by atoms with van der Waals surface area (Å²) in [6, 6.07) is 11.8. The van der Waals surface area contributed by atoms with Crippen LogP contribution < -0.4 is 10.5 Å². The quantitative estimate of drug-likeness (QED) is 0.779. The molecule has 0 saturated heterocycles. The maximum atomic E-state index is 6.09. The second-order valence-electron chi connectivity index (χ2n) is 4.54. The number of nitrogens with two attached hydrogens (primary N) is 1.